The monoisotopic (exact) mass is 421 g/mol. The van der Waals surface area contributed by atoms with Crippen LogP contribution in [0, 0.1) is 0 Å². The molecule has 5 nitrogen and oxygen atoms in total. The van der Waals surface area contributed by atoms with Crippen molar-refractivity contribution in [1.29, 1.82) is 0 Å². The summed E-state index contributed by atoms with van der Waals surface area (Å²) in [5.74, 6) is -0.217. The van der Waals surface area contributed by atoms with Crippen molar-refractivity contribution in [3.63, 3.8) is 0 Å². The molecule has 1 unspecified atom stereocenters. The van der Waals surface area contributed by atoms with Crippen LogP contribution in [0.25, 0.3) is 0 Å². The van der Waals surface area contributed by atoms with Gasteiger partial charge in [0.2, 0.25) is 0 Å². The average Bonchev–Trinajstić information content (AvgIpc) is 2.81. The van der Waals surface area contributed by atoms with E-state index < -0.39 is 11.5 Å². The van der Waals surface area contributed by atoms with Crippen LogP contribution in [0.5, 0.6) is 5.75 Å². The minimum Gasteiger partial charge on any atom is -0.491 e. The van der Waals surface area contributed by atoms with E-state index in [1.54, 1.807) is 6.07 Å². The van der Waals surface area contributed by atoms with Gasteiger partial charge in [-0.25, -0.2) is 0 Å². The quantitative estimate of drug-likeness (QED) is 0.745. The van der Waals surface area contributed by atoms with Crippen molar-refractivity contribution in [3.05, 3.63) is 57.6 Å². The van der Waals surface area contributed by atoms with E-state index in [9.17, 15) is 14.7 Å². The van der Waals surface area contributed by atoms with Gasteiger partial charge in [0.15, 0.2) is 5.60 Å². The zero-order valence-electron chi connectivity index (χ0n) is 15.8. The summed E-state index contributed by atoms with van der Waals surface area (Å²) in [6.45, 7) is 5.37. The second-order valence-electron chi connectivity index (χ2n) is 7.19. The molecule has 0 saturated carbocycles. The molecule has 0 aromatic heterocycles. The molecule has 0 spiro atoms. The highest BCUT2D eigenvalue weighted by atomic mass is 35.5. The zero-order chi connectivity index (χ0) is 20.6. The highest BCUT2D eigenvalue weighted by molar-refractivity contribution is 6.38. The van der Waals surface area contributed by atoms with Gasteiger partial charge in [0.1, 0.15) is 11.5 Å². The number of hydrogen-bond acceptors (Lipinski definition) is 4. The van der Waals surface area contributed by atoms with Gasteiger partial charge in [-0.2, -0.15) is 0 Å². The molecule has 148 valence electrons. The summed E-state index contributed by atoms with van der Waals surface area (Å²) in [6, 6.07) is 10.4. The van der Waals surface area contributed by atoms with Crippen LogP contribution in [-0.2, 0) is 21.7 Å². The van der Waals surface area contributed by atoms with Gasteiger partial charge < -0.3 is 14.7 Å². The minimum atomic E-state index is -2.02. The van der Waals surface area contributed by atoms with Gasteiger partial charge in [0.25, 0.3) is 5.91 Å². The number of halogens is 2. The number of ketones is 1. The lowest BCUT2D eigenvalue weighted by Gasteiger charge is -2.22. The van der Waals surface area contributed by atoms with Crippen molar-refractivity contribution in [3.8, 4) is 5.75 Å². The predicted octanol–water partition coefficient (Wildman–Crippen LogP) is 4.49. The Balaban J connectivity index is 2.00. The summed E-state index contributed by atoms with van der Waals surface area (Å²) in [4.78, 5) is 26.2. The van der Waals surface area contributed by atoms with E-state index in [0.717, 1.165) is 11.3 Å². The summed E-state index contributed by atoms with van der Waals surface area (Å²) in [5.41, 5.74) is -0.685. The molecule has 1 aliphatic rings. The smallest absolute Gasteiger partial charge is 0.264 e. The summed E-state index contributed by atoms with van der Waals surface area (Å²) >= 11 is 12.6. The van der Waals surface area contributed by atoms with Crippen LogP contribution < -0.4 is 9.64 Å². The van der Waals surface area contributed by atoms with Crippen molar-refractivity contribution >= 4 is 40.6 Å². The average molecular weight is 422 g/mol. The normalized spacial score (nSPS) is 18.5. The number of carbonyl (C=O) groups excluding carboxylic acids is 2. The van der Waals surface area contributed by atoms with Crippen molar-refractivity contribution < 1.29 is 19.4 Å². The van der Waals surface area contributed by atoms with Gasteiger partial charge in [-0.3, -0.25) is 9.59 Å². The molecule has 0 saturated heterocycles. The van der Waals surface area contributed by atoms with Crippen molar-refractivity contribution in [2.24, 2.45) is 0 Å². The van der Waals surface area contributed by atoms with Gasteiger partial charge >= 0.3 is 0 Å². The van der Waals surface area contributed by atoms with E-state index in [0.29, 0.717) is 5.69 Å². The first kappa shape index (κ1) is 20.6. The SMILES string of the molecule is CC(=O)CC1(O)C(=O)N(Cc2ccc(OC(C)C)cc2)c2c(Cl)ccc(Cl)c21. The molecule has 0 fully saturated rings. The Morgan fingerprint density at radius 3 is 2.32 bits per heavy atom. The molecule has 1 aliphatic heterocycles. The summed E-state index contributed by atoms with van der Waals surface area (Å²) < 4.78 is 5.63. The van der Waals surface area contributed by atoms with Gasteiger partial charge in [-0.15, -0.1) is 0 Å². The Hall–Kier alpha value is -2.08. The molecule has 3 rings (SSSR count). The largest absolute Gasteiger partial charge is 0.491 e. The van der Waals surface area contributed by atoms with Crippen molar-refractivity contribution in [2.45, 2.75) is 45.4 Å². The molecule has 28 heavy (non-hydrogen) atoms. The summed E-state index contributed by atoms with van der Waals surface area (Å²) in [7, 11) is 0. The maximum absolute atomic E-state index is 13.1. The van der Waals surface area contributed by atoms with Crippen LogP contribution >= 0.6 is 23.2 Å². The number of Topliss-reactive ketones (excluding diaryl/α,β-unsaturated/α-hetero) is 1. The molecule has 1 amide bonds. The number of rotatable bonds is 6. The first-order valence-electron chi connectivity index (χ1n) is 8.91. The molecule has 1 heterocycles. The second-order valence-corrected chi connectivity index (χ2v) is 8.01. The number of carbonyl (C=O) groups is 2. The lowest BCUT2D eigenvalue weighted by atomic mass is 9.90. The number of fused-ring (bicyclic) bond motifs is 1. The van der Waals surface area contributed by atoms with Crippen LogP contribution in [0.4, 0.5) is 5.69 Å². The maximum atomic E-state index is 13.1. The van der Waals surface area contributed by atoms with E-state index in [-0.39, 0.29) is 40.5 Å². The zero-order valence-corrected chi connectivity index (χ0v) is 17.3. The lowest BCUT2D eigenvalue weighted by molar-refractivity contribution is -0.141. The first-order chi connectivity index (χ1) is 13.1. The molecule has 1 N–H and O–H groups in total. The number of anilines is 1. The maximum Gasteiger partial charge on any atom is 0.264 e. The predicted molar refractivity (Wildman–Crippen MR) is 109 cm³/mol. The molecular formula is C21H21Cl2NO4. The molecule has 2 aromatic rings. The third kappa shape index (κ3) is 3.75. The Kier molecular flexibility index (Phi) is 5.71. The Bertz CT molecular complexity index is 927. The van der Waals surface area contributed by atoms with Crippen LogP contribution in [0.3, 0.4) is 0 Å². The fourth-order valence-corrected chi connectivity index (χ4v) is 4.00. The fraction of sp³-hybridized carbons (Fsp3) is 0.333. The number of hydrogen-bond donors (Lipinski definition) is 1. The Morgan fingerprint density at radius 2 is 1.75 bits per heavy atom. The van der Waals surface area contributed by atoms with Crippen LogP contribution in [0.15, 0.2) is 36.4 Å². The van der Waals surface area contributed by atoms with Gasteiger partial charge in [-0.05, 0) is 50.6 Å². The second kappa shape index (κ2) is 7.74. The number of aliphatic hydroxyl groups is 1. The van der Waals surface area contributed by atoms with E-state index in [1.165, 1.54) is 17.9 Å². The third-order valence-corrected chi connectivity index (χ3v) is 5.12. The van der Waals surface area contributed by atoms with Gasteiger partial charge in [0.05, 0.1) is 23.4 Å². The van der Waals surface area contributed by atoms with E-state index in [2.05, 4.69) is 0 Å². The third-order valence-electron chi connectivity index (χ3n) is 4.50. The highest BCUT2D eigenvalue weighted by Gasteiger charge is 2.52. The van der Waals surface area contributed by atoms with Crippen molar-refractivity contribution in [2.75, 3.05) is 4.90 Å². The van der Waals surface area contributed by atoms with Crippen LogP contribution in [-0.4, -0.2) is 22.9 Å². The van der Waals surface area contributed by atoms with Gasteiger partial charge in [-0.1, -0.05) is 35.3 Å². The van der Waals surface area contributed by atoms with Crippen LogP contribution in [0.1, 0.15) is 38.3 Å². The van der Waals surface area contributed by atoms with Crippen molar-refractivity contribution in [1.82, 2.24) is 0 Å². The van der Waals surface area contributed by atoms with E-state index >= 15 is 0 Å². The molecule has 7 heteroatoms. The Morgan fingerprint density at radius 1 is 1.14 bits per heavy atom. The molecule has 0 aliphatic carbocycles. The fourth-order valence-electron chi connectivity index (χ4n) is 3.43. The standard InChI is InChI=1S/C21H21Cl2NO4/c1-12(2)28-15-6-4-14(5-7-15)11-24-19-17(23)9-8-16(22)18(19)21(27,20(24)26)10-13(3)25/h4-9,12,27H,10-11H2,1-3H3. The van der Waals surface area contributed by atoms with E-state index in [4.69, 9.17) is 27.9 Å². The molecule has 0 bridgehead atoms. The van der Waals surface area contributed by atoms with Gasteiger partial charge in [0, 0.05) is 17.0 Å². The van der Waals surface area contributed by atoms with Crippen LogP contribution in [0.2, 0.25) is 10.0 Å². The number of nitrogens with zero attached hydrogens (tertiary/aromatic N) is 1. The van der Waals surface area contributed by atoms with E-state index in [1.807, 2.05) is 38.1 Å². The number of benzene rings is 2. The lowest BCUT2D eigenvalue weighted by Crippen LogP contribution is -2.41. The molecule has 2 aromatic carbocycles. The number of amides is 1. The molecule has 0 radical (unpaired) electrons. The summed E-state index contributed by atoms with van der Waals surface area (Å²) in [5, 5.41) is 11.6. The minimum absolute atomic E-state index is 0.0559. The Labute approximate surface area is 173 Å². The molecular weight excluding hydrogens is 401 g/mol. The highest BCUT2D eigenvalue weighted by Crippen LogP contribution is 2.50. The first-order valence-corrected chi connectivity index (χ1v) is 9.67. The topological polar surface area (TPSA) is 66.8 Å². The molecule has 1 atom stereocenters. The number of ether oxygens (including phenoxy) is 1. The summed E-state index contributed by atoms with van der Waals surface area (Å²) in [6.07, 6.45) is -0.309.